The quantitative estimate of drug-likeness (QED) is 0.586. The van der Waals surface area contributed by atoms with Crippen molar-refractivity contribution in [2.75, 3.05) is 13.7 Å². The van der Waals surface area contributed by atoms with Crippen molar-refractivity contribution in [3.8, 4) is 11.5 Å². The lowest BCUT2D eigenvalue weighted by molar-refractivity contribution is -0.139. The highest BCUT2D eigenvalue weighted by Gasteiger charge is 2.40. The lowest BCUT2D eigenvalue weighted by Gasteiger charge is -2.42. The van der Waals surface area contributed by atoms with Gasteiger partial charge in [0, 0.05) is 17.4 Å². The highest BCUT2D eigenvalue weighted by molar-refractivity contribution is 5.69. The number of carboxylic acids is 1. The van der Waals surface area contributed by atoms with E-state index in [2.05, 4.69) is 45.5 Å². The number of carboxylic acid groups (broad SMARTS) is 1. The Balaban J connectivity index is 1.99. The van der Waals surface area contributed by atoms with Crippen LogP contribution in [-0.2, 0) is 9.53 Å². The van der Waals surface area contributed by atoms with E-state index >= 15 is 0 Å². The predicted octanol–water partition coefficient (Wildman–Crippen LogP) is 5.60. The van der Waals surface area contributed by atoms with Gasteiger partial charge in [0.1, 0.15) is 0 Å². The second kappa shape index (κ2) is 9.56. The highest BCUT2D eigenvalue weighted by Crippen LogP contribution is 2.49. The normalized spacial score (nSPS) is 23.3. The zero-order valence-corrected chi connectivity index (χ0v) is 19.0. The van der Waals surface area contributed by atoms with Gasteiger partial charge in [-0.15, -0.1) is 0 Å². The fraction of sp³-hybridized carbons (Fsp3) is 0.423. The van der Waals surface area contributed by atoms with Gasteiger partial charge in [-0.1, -0.05) is 48.0 Å². The second-order valence-corrected chi connectivity index (χ2v) is 8.48. The molecule has 5 heteroatoms. The molecular weight excluding hydrogens is 392 g/mol. The fourth-order valence-corrected chi connectivity index (χ4v) is 4.59. The number of ether oxygens (including phenoxy) is 3. The summed E-state index contributed by atoms with van der Waals surface area (Å²) >= 11 is 0. The van der Waals surface area contributed by atoms with Crippen LogP contribution >= 0.6 is 0 Å². The van der Waals surface area contributed by atoms with E-state index in [4.69, 9.17) is 19.3 Å². The Hall–Kier alpha value is -2.79. The maximum atomic E-state index is 11.1. The molecule has 0 amide bonds. The van der Waals surface area contributed by atoms with E-state index in [9.17, 15) is 4.79 Å². The summed E-state index contributed by atoms with van der Waals surface area (Å²) in [4.78, 5) is 11.1. The number of aryl methyl sites for hydroxylation is 2. The molecule has 2 aromatic rings. The van der Waals surface area contributed by atoms with Crippen molar-refractivity contribution >= 4 is 5.97 Å². The van der Waals surface area contributed by atoms with Gasteiger partial charge in [0.15, 0.2) is 18.1 Å². The molecule has 3 rings (SSSR count). The highest BCUT2D eigenvalue weighted by atomic mass is 16.5. The van der Waals surface area contributed by atoms with Crippen molar-refractivity contribution in [2.45, 2.75) is 52.2 Å². The first kappa shape index (κ1) is 22.9. The molecule has 166 valence electrons. The van der Waals surface area contributed by atoms with Crippen LogP contribution in [0.1, 0.15) is 54.5 Å². The largest absolute Gasteiger partial charge is 0.493 e. The van der Waals surface area contributed by atoms with Crippen LogP contribution in [0, 0.1) is 19.8 Å². The Morgan fingerprint density at radius 3 is 2.58 bits per heavy atom. The molecule has 0 radical (unpaired) electrons. The number of rotatable bonds is 7. The number of methoxy groups -OCH3 is 1. The smallest absolute Gasteiger partial charge is 0.341 e. The van der Waals surface area contributed by atoms with Crippen molar-refractivity contribution in [3.05, 3.63) is 70.8 Å². The summed E-state index contributed by atoms with van der Waals surface area (Å²) in [7, 11) is 1.55. The molecule has 1 aliphatic rings. The van der Waals surface area contributed by atoms with Crippen LogP contribution in [0.3, 0.4) is 0 Å². The van der Waals surface area contributed by atoms with Crippen molar-refractivity contribution in [3.63, 3.8) is 0 Å². The zero-order valence-electron chi connectivity index (χ0n) is 19.0. The first-order chi connectivity index (χ1) is 14.7. The summed E-state index contributed by atoms with van der Waals surface area (Å²) < 4.78 is 17.7. The number of aliphatic carboxylic acids is 1. The minimum Gasteiger partial charge on any atom is -0.493 e. The summed E-state index contributed by atoms with van der Waals surface area (Å²) in [6.07, 6.45) is 0.564. The predicted molar refractivity (Wildman–Crippen MR) is 121 cm³/mol. The molecule has 1 fully saturated rings. The van der Waals surface area contributed by atoms with Crippen LogP contribution in [0.5, 0.6) is 11.5 Å². The van der Waals surface area contributed by atoms with Crippen LogP contribution < -0.4 is 9.47 Å². The van der Waals surface area contributed by atoms with Crippen LogP contribution in [0.2, 0.25) is 0 Å². The molecule has 5 nitrogen and oxygen atoms in total. The molecule has 0 bridgehead atoms. The van der Waals surface area contributed by atoms with E-state index in [-0.39, 0.29) is 24.0 Å². The van der Waals surface area contributed by atoms with Gasteiger partial charge in [-0.05, 0) is 51.3 Å². The van der Waals surface area contributed by atoms with E-state index in [1.807, 2.05) is 19.1 Å². The van der Waals surface area contributed by atoms with Crippen molar-refractivity contribution in [1.82, 2.24) is 0 Å². The third-order valence-electron chi connectivity index (χ3n) is 6.13. The molecule has 1 N–H and O–H groups in total. The Labute approximate surface area is 184 Å². The third kappa shape index (κ3) is 4.93. The Bertz CT molecular complexity index is 964. The zero-order chi connectivity index (χ0) is 22.7. The van der Waals surface area contributed by atoms with E-state index in [1.165, 1.54) is 16.7 Å². The van der Waals surface area contributed by atoms with E-state index in [0.717, 1.165) is 17.6 Å². The minimum absolute atomic E-state index is 0.0273. The standard InChI is InChI=1S/C26H32O5/c1-15(2)21-13-22(19-11-10-16(3)12-17(19)4)18(5)31-25(21)20-8-7-9-23(29-6)26(20)30-14-24(27)28/h7-12,18,21-22,25H,1,13-14H2,2-6H3,(H,27,28)/t18-,21+,22-,25+/m0/s1. The Morgan fingerprint density at radius 2 is 1.97 bits per heavy atom. The van der Waals surface area contributed by atoms with Gasteiger partial charge in [-0.3, -0.25) is 0 Å². The number of benzene rings is 2. The van der Waals surface area contributed by atoms with Gasteiger partial charge in [-0.2, -0.15) is 0 Å². The van der Waals surface area contributed by atoms with Gasteiger partial charge in [0.25, 0.3) is 0 Å². The van der Waals surface area contributed by atoms with Crippen LogP contribution in [0.25, 0.3) is 0 Å². The number of hydrogen-bond acceptors (Lipinski definition) is 4. The minimum atomic E-state index is -1.04. The van der Waals surface area contributed by atoms with Gasteiger partial charge in [-0.25, -0.2) is 4.79 Å². The summed E-state index contributed by atoms with van der Waals surface area (Å²) in [5.41, 5.74) is 5.64. The second-order valence-electron chi connectivity index (χ2n) is 8.48. The first-order valence-electron chi connectivity index (χ1n) is 10.6. The van der Waals surface area contributed by atoms with E-state index in [1.54, 1.807) is 13.2 Å². The lowest BCUT2D eigenvalue weighted by Crippen LogP contribution is -2.35. The van der Waals surface area contributed by atoms with Crippen molar-refractivity contribution in [2.24, 2.45) is 5.92 Å². The lowest BCUT2D eigenvalue weighted by atomic mass is 9.75. The molecule has 0 aliphatic carbocycles. The topological polar surface area (TPSA) is 65.0 Å². The third-order valence-corrected chi connectivity index (χ3v) is 6.13. The van der Waals surface area contributed by atoms with E-state index < -0.39 is 12.6 Å². The Morgan fingerprint density at radius 1 is 1.23 bits per heavy atom. The number of para-hydroxylation sites is 1. The number of hydrogen-bond donors (Lipinski definition) is 1. The van der Waals surface area contributed by atoms with Gasteiger partial charge in [0.2, 0.25) is 0 Å². The summed E-state index contributed by atoms with van der Waals surface area (Å²) in [6.45, 7) is 12.2. The first-order valence-corrected chi connectivity index (χ1v) is 10.6. The maximum absolute atomic E-state index is 11.1. The SMILES string of the molecule is C=C(C)[C@H]1C[C@H](c2ccc(C)cc2C)[C@H](C)O[C@@H]1c1cccc(OC)c1OCC(=O)O. The van der Waals surface area contributed by atoms with Crippen molar-refractivity contribution < 1.29 is 24.1 Å². The Kier molecular flexibility index (Phi) is 7.06. The molecule has 1 saturated heterocycles. The molecule has 0 saturated carbocycles. The van der Waals surface area contributed by atoms with Gasteiger partial charge >= 0.3 is 5.97 Å². The average molecular weight is 425 g/mol. The van der Waals surface area contributed by atoms with Gasteiger partial charge in [0.05, 0.1) is 19.3 Å². The molecule has 2 aromatic carbocycles. The van der Waals surface area contributed by atoms with E-state index in [0.29, 0.717) is 11.5 Å². The van der Waals surface area contributed by atoms with Gasteiger partial charge < -0.3 is 19.3 Å². The molecular formula is C26H32O5. The summed E-state index contributed by atoms with van der Waals surface area (Å²) in [6, 6.07) is 12.1. The molecule has 1 aliphatic heterocycles. The molecule has 0 spiro atoms. The van der Waals surface area contributed by atoms with Crippen molar-refractivity contribution in [1.29, 1.82) is 0 Å². The van der Waals surface area contributed by atoms with Crippen LogP contribution in [0.15, 0.2) is 48.6 Å². The molecule has 31 heavy (non-hydrogen) atoms. The molecule has 1 heterocycles. The summed E-state index contributed by atoms with van der Waals surface area (Å²) in [5.74, 6) is 0.169. The number of carbonyl (C=O) groups is 1. The van der Waals surface area contributed by atoms with Crippen LogP contribution in [0.4, 0.5) is 0 Å². The monoisotopic (exact) mass is 424 g/mol. The molecule has 0 aromatic heterocycles. The summed E-state index contributed by atoms with van der Waals surface area (Å²) in [5, 5.41) is 9.12. The molecule has 0 unspecified atom stereocenters. The molecule has 4 atom stereocenters. The maximum Gasteiger partial charge on any atom is 0.341 e. The fourth-order valence-electron chi connectivity index (χ4n) is 4.59. The van der Waals surface area contributed by atoms with Crippen LogP contribution in [-0.4, -0.2) is 30.9 Å². The average Bonchev–Trinajstić information content (AvgIpc) is 2.72.